The molecule has 0 radical (unpaired) electrons. The van der Waals surface area contributed by atoms with Gasteiger partial charge in [0.25, 0.3) is 0 Å². The zero-order valence-electron chi connectivity index (χ0n) is 21.2. The van der Waals surface area contributed by atoms with Gasteiger partial charge in [0.2, 0.25) is 0 Å². The lowest BCUT2D eigenvalue weighted by molar-refractivity contribution is -0.148. The topological polar surface area (TPSA) is 97.2 Å². The van der Waals surface area contributed by atoms with Crippen LogP contribution >= 0.6 is 11.3 Å². The van der Waals surface area contributed by atoms with Gasteiger partial charge in [-0.1, -0.05) is 6.92 Å². The molecular weight excluding hydrogens is 472 g/mol. The van der Waals surface area contributed by atoms with Crippen LogP contribution in [0.1, 0.15) is 73.9 Å². The predicted molar refractivity (Wildman–Crippen MR) is 141 cm³/mol. The Kier molecular flexibility index (Phi) is 7.08. The normalized spacial score (nSPS) is 21.6. The molecule has 1 unspecified atom stereocenters. The molecule has 0 spiro atoms. The molecule has 2 aliphatic rings. The summed E-state index contributed by atoms with van der Waals surface area (Å²) in [6.45, 7) is 4.05. The monoisotopic (exact) mass is 506 g/mol. The fourth-order valence-corrected chi connectivity index (χ4v) is 6.47. The molecule has 190 valence electrons. The summed E-state index contributed by atoms with van der Waals surface area (Å²) in [4.78, 5) is 26.8. The number of anilines is 2. The second kappa shape index (κ2) is 10.3. The number of carbonyl (C=O) groups is 1. The molecule has 0 bridgehead atoms. The second-order valence-corrected chi connectivity index (χ2v) is 11.2. The zero-order chi connectivity index (χ0) is 25.3. The van der Waals surface area contributed by atoms with Gasteiger partial charge in [-0.15, -0.1) is 11.3 Å². The highest BCUT2D eigenvalue weighted by Crippen LogP contribution is 2.45. The number of nitrogens with one attached hydrogen (secondary N) is 1. The van der Waals surface area contributed by atoms with E-state index in [2.05, 4.69) is 34.3 Å². The molecule has 2 aliphatic carbocycles. The molecule has 0 aliphatic heterocycles. The molecule has 8 heteroatoms. The molecule has 0 saturated heterocycles. The summed E-state index contributed by atoms with van der Waals surface area (Å²) in [5.41, 5.74) is 2.23. The van der Waals surface area contributed by atoms with Gasteiger partial charge in [-0.05, 0) is 99.1 Å². The van der Waals surface area contributed by atoms with Gasteiger partial charge in [-0.2, -0.15) is 0 Å². The van der Waals surface area contributed by atoms with Crippen molar-refractivity contribution in [2.24, 2.45) is 11.8 Å². The van der Waals surface area contributed by atoms with E-state index in [1.165, 1.54) is 36.9 Å². The van der Waals surface area contributed by atoms with Gasteiger partial charge >= 0.3 is 5.97 Å². The number of aryl methyl sites for hydroxylation is 1. The van der Waals surface area contributed by atoms with Gasteiger partial charge in [-0.3, -0.25) is 4.79 Å². The van der Waals surface area contributed by atoms with Crippen LogP contribution < -0.4 is 5.32 Å². The fraction of sp³-hybridized carbons (Fsp3) is 0.500. The lowest BCUT2D eigenvalue weighted by atomic mass is 9.72. The summed E-state index contributed by atoms with van der Waals surface area (Å²) in [6.07, 6.45) is 9.78. The summed E-state index contributed by atoms with van der Waals surface area (Å²) >= 11 is 1.50. The molecule has 2 saturated carbocycles. The van der Waals surface area contributed by atoms with Crippen LogP contribution in [-0.2, 0) is 15.1 Å². The maximum atomic E-state index is 11.9. The van der Waals surface area contributed by atoms with Crippen molar-refractivity contribution in [3.63, 3.8) is 0 Å². The van der Waals surface area contributed by atoms with E-state index in [4.69, 9.17) is 9.72 Å². The average Bonchev–Trinajstić information content (AvgIpc) is 3.63. The van der Waals surface area contributed by atoms with Crippen LogP contribution in [-0.4, -0.2) is 33.1 Å². The van der Waals surface area contributed by atoms with Crippen LogP contribution in [0.3, 0.4) is 0 Å². The number of ether oxygens (including phenoxy) is 1. The first-order chi connectivity index (χ1) is 17.4. The van der Waals surface area contributed by atoms with E-state index in [0.717, 1.165) is 58.5 Å². The Balaban J connectivity index is 1.34. The molecule has 5 rings (SSSR count). The number of carbonyl (C=O) groups excluding carboxylic acids is 1. The van der Waals surface area contributed by atoms with Crippen molar-refractivity contribution in [1.82, 2.24) is 15.0 Å². The first kappa shape index (κ1) is 24.8. The number of nitrogens with zero attached hydrogens (tertiary/aromatic N) is 3. The van der Waals surface area contributed by atoms with E-state index < -0.39 is 5.60 Å². The predicted octanol–water partition coefficient (Wildman–Crippen LogP) is 6.11. The molecule has 1 atom stereocenters. The van der Waals surface area contributed by atoms with E-state index in [0.29, 0.717) is 12.3 Å². The number of aromatic nitrogens is 3. The van der Waals surface area contributed by atoms with E-state index in [9.17, 15) is 9.90 Å². The average molecular weight is 507 g/mol. The molecule has 2 fully saturated rings. The summed E-state index contributed by atoms with van der Waals surface area (Å²) in [5.74, 6) is 2.06. The van der Waals surface area contributed by atoms with Gasteiger partial charge in [0, 0.05) is 12.4 Å². The molecule has 2 N–H and O–H groups in total. The zero-order valence-corrected chi connectivity index (χ0v) is 22.0. The van der Waals surface area contributed by atoms with Gasteiger partial charge in [0.1, 0.15) is 22.2 Å². The highest BCUT2D eigenvalue weighted by Gasteiger charge is 2.42. The van der Waals surface area contributed by atoms with Crippen molar-refractivity contribution in [2.45, 2.75) is 70.3 Å². The van der Waals surface area contributed by atoms with Gasteiger partial charge < -0.3 is 15.2 Å². The summed E-state index contributed by atoms with van der Waals surface area (Å²) in [7, 11) is 1.44. The minimum absolute atomic E-state index is 0.0647. The van der Waals surface area contributed by atoms with Crippen molar-refractivity contribution in [3.8, 4) is 10.6 Å². The van der Waals surface area contributed by atoms with Gasteiger partial charge in [0.05, 0.1) is 23.6 Å². The summed E-state index contributed by atoms with van der Waals surface area (Å²) in [6, 6.07) is 8.26. The minimum Gasteiger partial charge on any atom is -0.469 e. The number of aliphatic hydroxyl groups is 1. The third-order valence-electron chi connectivity index (χ3n) is 7.66. The fourth-order valence-electron chi connectivity index (χ4n) is 5.36. The standard InChI is InChI=1S/C28H34N4O3S/c1-4-28(34,21-9-7-19(8-10-21)26(33)35-3)27-30-16-23(36-27)22-13-17(2)14-25(31-22)32-24-15-20(11-12-29-24)18-5-6-18/h11-16,18-19,21,34H,4-10H2,1-3H3,(H,29,31,32). The molecule has 7 nitrogen and oxygen atoms in total. The second-order valence-electron chi connectivity index (χ2n) is 10.2. The van der Waals surface area contributed by atoms with Crippen LogP contribution in [0.5, 0.6) is 0 Å². The molecular formula is C28H34N4O3S. The van der Waals surface area contributed by atoms with Crippen LogP contribution in [0.25, 0.3) is 10.6 Å². The Morgan fingerprint density at radius 1 is 1.14 bits per heavy atom. The Labute approximate surface area is 216 Å². The van der Waals surface area contributed by atoms with E-state index in [-0.39, 0.29) is 17.8 Å². The first-order valence-electron chi connectivity index (χ1n) is 12.9. The lowest BCUT2D eigenvalue weighted by Crippen LogP contribution is -2.38. The third-order valence-corrected chi connectivity index (χ3v) is 8.85. The van der Waals surface area contributed by atoms with Crippen molar-refractivity contribution < 1.29 is 14.6 Å². The number of hydrogen-bond acceptors (Lipinski definition) is 8. The maximum Gasteiger partial charge on any atom is 0.308 e. The SMILES string of the molecule is CCC(O)(c1ncc(-c2cc(C)cc(Nc3cc(C4CC4)ccn3)n2)s1)C1CCC(C(=O)OC)CC1. The van der Waals surface area contributed by atoms with Crippen LogP contribution in [0.4, 0.5) is 11.6 Å². The highest BCUT2D eigenvalue weighted by molar-refractivity contribution is 7.15. The van der Waals surface area contributed by atoms with Crippen molar-refractivity contribution >= 4 is 28.9 Å². The number of esters is 1. The number of pyridine rings is 2. The Morgan fingerprint density at radius 3 is 2.61 bits per heavy atom. The van der Waals surface area contributed by atoms with Crippen molar-refractivity contribution in [1.29, 1.82) is 0 Å². The minimum atomic E-state index is -1.01. The van der Waals surface area contributed by atoms with Crippen molar-refractivity contribution in [2.75, 3.05) is 12.4 Å². The largest absolute Gasteiger partial charge is 0.469 e. The molecule has 3 aromatic heterocycles. The first-order valence-corrected chi connectivity index (χ1v) is 13.7. The number of methoxy groups -OCH3 is 1. The number of thiazole rings is 1. The third kappa shape index (κ3) is 5.15. The Hall–Kier alpha value is -2.84. The van der Waals surface area contributed by atoms with Gasteiger partial charge in [-0.25, -0.2) is 15.0 Å². The molecule has 0 aromatic carbocycles. The Bertz CT molecular complexity index is 1230. The molecule has 3 heterocycles. The summed E-state index contributed by atoms with van der Waals surface area (Å²) < 4.78 is 4.92. The quantitative estimate of drug-likeness (QED) is 0.356. The number of rotatable bonds is 8. The molecule has 36 heavy (non-hydrogen) atoms. The maximum absolute atomic E-state index is 11.9. The van der Waals surface area contributed by atoms with Crippen LogP contribution in [0, 0.1) is 18.8 Å². The Morgan fingerprint density at radius 2 is 1.92 bits per heavy atom. The van der Waals surface area contributed by atoms with E-state index >= 15 is 0 Å². The van der Waals surface area contributed by atoms with Crippen LogP contribution in [0.2, 0.25) is 0 Å². The van der Waals surface area contributed by atoms with Crippen LogP contribution in [0.15, 0.2) is 36.7 Å². The van der Waals surface area contributed by atoms with E-state index in [1.54, 1.807) is 0 Å². The lowest BCUT2D eigenvalue weighted by Gasteiger charge is -2.38. The van der Waals surface area contributed by atoms with Gasteiger partial charge in [0.15, 0.2) is 0 Å². The van der Waals surface area contributed by atoms with Crippen molar-refractivity contribution in [3.05, 3.63) is 52.8 Å². The molecule has 0 amide bonds. The smallest absolute Gasteiger partial charge is 0.308 e. The van der Waals surface area contributed by atoms with E-state index in [1.807, 2.05) is 31.5 Å². The molecule has 3 aromatic rings. The highest BCUT2D eigenvalue weighted by atomic mass is 32.1. The summed E-state index contributed by atoms with van der Waals surface area (Å²) in [5, 5.41) is 15.8. The number of hydrogen-bond donors (Lipinski definition) is 2.